The summed E-state index contributed by atoms with van der Waals surface area (Å²) in [7, 11) is -3.80. The Labute approximate surface area is 183 Å². The van der Waals surface area contributed by atoms with E-state index in [0.717, 1.165) is 16.6 Å². The molecule has 0 spiro atoms. The fourth-order valence-electron chi connectivity index (χ4n) is 3.01. The van der Waals surface area contributed by atoms with Gasteiger partial charge in [0.05, 0.1) is 15.9 Å². The van der Waals surface area contributed by atoms with Gasteiger partial charge in [-0.15, -0.1) is 0 Å². The van der Waals surface area contributed by atoms with Gasteiger partial charge in [-0.25, -0.2) is 18.5 Å². The lowest BCUT2D eigenvalue weighted by atomic mass is 10.1. The SMILES string of the molecule is Nc1ccc2nc(SC(C(=O)Nc3ccc(S(N)(=O)=O)cc3)c3ccccc3)[nH]c2c1. The number of rotatable bonds is 6. The van der Waals surface area contributed by atoms with Crippen LogP contribution in [-0.4, -0.2) is 24.3 Å². The van der Waals surface area contributed by atoms with Crippen LogP contribution < -0.4 is 16.2 Å². The van der Waals surface area contributed by atoms with Crippen LogP contribution in [0.5, 0.6) is 0 Å². The van der Waals surface area contributed by atoms with Gasteiger partial charge in [-0.05, 0) is 48.0 Å². The van der Waals surface area contributed by atoms with Crippen molar-refractivity contribution in [1.82, 2.24) is 9.97 Å². The summed E-state index contributed by atoms with van der Waals surface area (Å²) in [5.74, 6) is -0.278. The van der Waals surface area contributed by atoms with E-state index in [1.165, 1.54) is 36.0 Å². The molecule has 31 heavy (non-hydrogen) atoms. The molecule has 0 saturated carbocycles. The Kier molecular flexibility index (Phi) is 5.68. The Hall–Kier alpha value is -3.34. The first kappa shape index (κ1) is 20.9. The predicted octanol–water partition coefficient (Wildman–Crippen LogP) is 3.26. The second-order valence-corrected chi connectivity index (χ2v) is 9.44. The van der Waals surface area contributed by atoms with Crippen molar-refractivity contribution in [3.63, 3.8) is 0 Å². The summed E-state index contributed by atoms with van der Waals surface area (Å²) in [5.41, 5.74) is 9.24. The number of aromatic nitrogens is 2. The maximum atomic E-state index is 13.1. The molecule has 6 N–H and O–H groups in total. The van der Waals surface area contributed by atoms with Crippen molar-refractivity contribution in [3.8, 4) is 0 Å². The van der Waals surface area contributed by atoms with Crippen LogP contribution in [-0.2, 0) is 14.8 Å². The number of carbonyl (C=O) groups is 1. The average Bonchev–Trinajstić information content (AvgIpc) is 3.14. The van der Waals surface area contributed by atoms with Gasteiger partial charge < -0.3 is 16.0 Å². The lowest BCUT2D eigenvalue weighted by molar-refractivity contribution is -0.115. The molecule has 1 unspecified atom stereocenters. The molecule has 0 aliphatic carbocycles. The Balaban J connectivity index is 1.60. The number of H-pyrrole nitrogens is 1. The Morgan fingerprint density at radius 2 is 1.74 bits per heavy atom. The largest absolute Gasteiger partial charge is 0.399 e. The molecule has 1 amide bonds. The van der Waals surface area contributed by atoms with Gasteiger partial charge in [-0.3, -0.25) is 4.79 Å². The highest BCUT2D eigenvalue weighted by molar-refractivity contribution is 8.00. The number of nitrogens with one attached hydrogen (secondary N) is 2. The fraction of sp³-hybridized carbons (Fsp3) is 0.0476. The molecule has 0 fully saturated rings. The van der Waals surface area contributed by atoms with Gasteiger partial charge in [0.15, 0.2) is 5.16 Å². The average molecular weight is 454 g/mol. The summed E-state index contributed by atoms with van der Waals surface area (Å²) in [5, 5.41) is 7.93. The molecule has 10 heteroatoms. The molecule has 1 atom stereocenters. The first-order valence-corrected chi connectivity index (χ1v) is 11.6. The minimum atomic E-state index is -3.80. The molecule has 3 aromatic carbocycles. The number of sulfonamides is 1. The van der Waals surface area contributed by atoms with E-state index in [-0.39, 0.29) is 10.8 Å². The molecule has 0 aliphatic rings. The smallest absolute Gasteiger partial charge is 0.242 e. The van der Waals surface area contributed by atoms with Crippen molar-refractivity contribution in [2.75, 3.05) is 11.1 Å². The molecule has 0 aliphatic heterocycles. The van der Waals surface area contributed by atoms with E-state index in [9.17, 15) is 13.2 Å². The van der Waals surface area contributed by atoms with Crippen molar-refractivity contribution >= 4 is 50.1 Å². The third-order valence-corrected chi connectivity index (χ3v) is 6.57. The molecule has 158 valence electrons. The van der Waals surface area contributed by atoms with Gasteiger partial charge in [0.2, 0.25) is 15.9 Å². The summed E-state index contributed by atoms with van der Waals surface area (Å²) in [6, 6.07) is 20.4. The van der Waals surface area contributed by atoms with Gasteiger partial charge in [-0.2, -0.15) is 0 Å². The number of carbonyl (C=O) groups excluding carboxylic acids is 1. The molecule has 8 nitrogen and oxygen atoms in total. The molecular weight excluding hydrogens is 434 g/mol. The second kappa shape index (κ2) is 8.42. The topological polar surface area (TPSA) is 144 Å². The molecule has 4 rings (SSSR count). The van der Waals surface area contributed by atoms with E-state index in [1.54, 1.807) is 12.1 Å². The number of nitrogens with zero attached hydrogens (tertiary/aromatic N) is 1. The zero-order valence-electron chi connectivity index (χ0n) is 16.1. The minimum Gasteiger partial charge on any atom is -0.399 e. The molecule has 0 saturated heterocycles. The summed E-state index contributed by atoms with van der Waals surface area (Å²) >= 11 is 1.27. The highest BCUT2D eigenvalue weighted by Crippen LogP contribution is 2.36. The van der Waals surface area contributed by atoms with Gasteiger partial charge >= 0.3 is 0 Å². The van der Waals surface area contributed by atoms with E-state index < -0.39 is 15.3 Å². The highest BCUT2D eigenvalue weighted by atomic mass is 32.2. The molecule has 0 radical (unpaired) electrons. The van der Waals surface area contributed by atoms with Crippen LogP contribution in [0.2, 0.25) is 0 Å². The van der Waals surface area contributed by atoms with Crippen LogP contribution in [0.15, 0.2) is 82.8 Å². The number of fused-ring (bicyclic) bond motifs is 1. The van der Waals surface area contributed by atoms with E-state index in [0.29, 0.717) is 16.5 Å². The van der Waals surface area contributed by atoms with Crippen LogP contribution in [0, 0.1) is 0 Å². The van der Waals surface area contributed by atoms with Gasteiger partial charge in [0, 0.05) is 11.4 Å². The van der Waals surface area contributed by atoms with E-state index >= 15 is 0 Å². The molecule has 1 aromatic heterocycles. The van der Waals surface area contributed by atoms with Crippen LogP contribution in [0.25, 0.3) is 11.0 Å². The number of benzene rings is 3. The second-order valence-electron chi connectivity index (χ2n) is 6.79. The normalized spacial score (nSPS) is 12.5. The number of nitrogens with two attached hydrogens (primary N) is 2. The number of anilines is 2. The third-order valence-electron chi connectivity index (χ3n) is 4.50. The summed E-state index contributed by atoms with van der Waals surface area (Å²) in [4.78, 5) is 20.8. The number of amides is 1. The third kappa shape index (κ3) is 4.88. The predicted molar refractivity (Wildman–Crippen MR) is 122 cm³/mol. The van der Waals surface area contributed by atoms with Crippen molar-refractivity contribution in [3.05, 3.63) is 78.4 Å². The number of nitrogen functional groups attached to an aromatic ring is 1. The van der Waals surface area contributed by atoms with Crippen LogP contribution in [0.3, 0.4) is 0 Å². The zero-order chi connectivity index (χ0) is 22.0. The number of hydrogen-bond donors (Lipinski definition) is 4. The number of hydrogen-bond acceptors (Lipinski definition) is 6. The van der Waals surface area contributed by atoms with E-state index in [1.807, 2.05) is 36.4 Å². The quantitative estimate of drug-likeness (QED) is 0.260. The number of thioether (sulfide) groups is 1. The monoisotopic (exact) mass is 453 g/mol. The Morgan fingerprint density at radius 3 is 2.42 bits per heavy atom. The number of aromatic amines is 1. The summed E-state index contributed by atoms with van der Waals surface area (Å²) < 4.78 is 22.9. The lowest BCUT2D eigenvalue weighted by Crippen LogP contribution is -2.19. The van der Waals surface area contributed by atoms with Crippen molar-refractivity contribution in [1.29, 1.82) is 0 Å². The van der Waals surface area contributed by atoms with Crippen LogP contribution >= 0.6 is 11.8 Å². The molecule has 0 bridgehead atoms. The van der Waals surface area contributed by atoms with E-state index in [2.05, 4.69) is 15.3 Å². The molecule has 1 heterocycles. The summed E-state index contributed by atoms with van der Waals surface area (Å²) in [6.45, 7) is 0. The number of primary sulfonamides is 1. The fourth-order valence-corrected chi connectivity index (χ4v) is 4.53. The van der Waals surface area contributed by atoms with Crippen molar-refractivity contribution in [2.24, 2.45) is 5.14 Å². The van der Waals surface area contributed by atoms with Gasteiger partial charge in [0.1, 0.15) is 5.25 Å². The maximum Gasteiger partial charge on any atom is 0.242 e. The maximum absolute atomic E-state index is 13.1. The zero-order valence-corrected chi connectivity index (χ0v) is 17.8. The van der Waals surface area contributed by atoms with Gasteiger partial charge in [0.25, 0.3) is 0 Å². The number of imidazole rings is 1. The van der Waals surface area contributed by atoms with Gasteiger partial charge in [-0.1, -0.05) is 42.1 Å². The van der Waals surface area contributed by atoms with Crippen molar-refractivity contribution in [2.45, 2.75) is 15.3 Å². The highest BCUT2D eigenvalue weighted by Gasteiger charge is 2.24. The molecule has 4 aromatic rings. The van der Waals surface area contributed by atoms with E-state index in [4.69, 9.17) is 10.9 Å². The lowest BCUT2D eigenvalue weighted by Gasteiger charge is -2.16. The Bertz CT molecular complexity index is 1340. The minimum absolute atomic E-state index is 0.0268. The summed E-state index contributed by atoms with van der Waals surface area (Å²) in [6.07, 6.45) is 0. The molecular formula is C21H19N5O3S2. The van der Waals surface area contributed by atoms with Crippen LogP contribution in [0.1, 0.15) is 10.8 Å². The first-order chi connectivity index (χ1) is 14.8. The Morgan fingerprint density at radius 1 is 1.03 bits per heavy atom. The van der Waals surface area contributed by atoms with Crippen molar-refractivity contribution < 1.29 is 13.2 Å². The van der Waals surface area contributed by atoms with Crippen LogP contribution in [0.4, 0.5) is 11.4 Å². The standard InChI is InChI=1S/C21H19N5O3S2/c22-14-6-11-17-18(12-14)26-21(25-17)30-19(13-4-2-1-3-5-13)20(27)24-15-7-9-16(10-8-15)31(23,28)29/h1-12,19H,22H2,(H,24,27)(H,25,26)(H2,23,28,29). The first-order valence-electron chi connectivity index (χ1n) is 9.20.